The van der Waals surface area contributed by atoms with Gasteiger partial charge in [0.2, 0.25) is 0 Å². The molecule has 0 heterocycles. The van der Waals surface area contributed by atoms with Crippen molar-refractivity contribution in [1.29, 1.82) is 0 Å². The van der Waals surface area contributed by atoms with E-state index < -0.39 is 11.9 Å². The van der Waals surface area contributed by atoms with E-state index in [9.17, 15) is 9.59 Å². The fourth-order valence-corrected chi connectivity index (χ4v) is 0. The van der Waals surface area contributed by atoms with Crippen molar-refractivity contribution in [1.82, 2.24) is 0 Å². The van der Waals surface area contributed by atoms with Crippen LogP contribution < -0.4 is 0 Å². The maximum absolute atomic E-state index is 9.60. The van der Waals surface area contributed by atoms with Gasteiger partial charge in [0.15, 0.2) is 0 Å². The Kier molecular flexibility index (Phi) is 16.3. The summed E-state index contributed by atoms with van der Waals surface area (Å²) in [4.78, 5) is 19.2. The molecule has 0 spiro atoms. The molecule has 0 saturated heterocycles. The van der Waals surface area contributed by atoms with Gasteiger partial charge in [0.05, 0.1) is 0 Å². The quantitative estimate of drug-likeness (QED) is 0.740. The molecule has 14 heavy (non-hydrogen) atoms. The van der Waals surface area contributed by atoms with E-state index in [1.165, 1.54) is 13.8 Å². The summed E-state index contributed by atoms with van der Waals surface area (Å²) in [6.07, 6.45) is 0. The topological polar surface area (TPSA) is 91.7 Å². The molecule has 0 aromatic carbocycles. The Morgan fingerprint density at radius 1 is 0.929 bits per heavy atom. The Hall–Kier alpha value is -0.897. The summed E-state index contributed by atoms with van der Waals surface area (Å²) in [7, 11) is 0. The van der Waals surface area contributed by atoms with Crippen molar-refractivity contribution < 1.29 is 47.3 Å². The molecule has 0 aromatic rings. The zero-order valence-corrected chi connectivity index (χ0v) is 10.5. The zero-order chi connectivity index (χ0) is 12.3. The van der Waals surface area contributed by atoms with E-state index in [1.54, 1.807) is 0 Å². The van der Waals surface area contributed by atoms with Crippen LogP contribution in [0.1, 0.15) is 13.8 Å². The molecule has 0 aliphatic heterocycles. The number of carboxylic acid groups (broad SMARTS) is 2. The predicted octanol–water partition coefficient (Wildman–Crippen LogP) is 1.17. The molecule has 2 N–H and O–H groups in total. The van der Waals surface area contributed by atoms with Gasteiger partial charge in [-0.25, -0.2) is 9.59 Å². The number of aliphatic carboxylic acids is 2. The van der Waals surface area contributed by atoms with E-state index in [0.717, 1.165) is 0 Å². The van der Waals surface area contributed by atoms with Crippen LogP contribution in [0.5, 0.6) is 0 Å². The molecule has 0 bridgehead atoms. The Morgan fingerprint density at radius 2 is 1.00 bits per heavy atom. The Labute approximate surface area is 97.4 Å². The van der Waals surface area contributed by atoms with Crippen molar-refractivity contribution in [3.05, 3.63) is 24.3 Å². The van der Waals surface area contributed by atoms with Gasteiger partial charge in [-0.15, -0.1) is 0 Å². The van der Waals surface area contributed by atoms with Gasteiger partial charge >= 0.3 is 39.5 Å². The summed E-state index contributed by atoms with van der Waals surface area (Å²) >= 11 is 0.300. The standard InChI is InChI=1S/2C4H6O2.O.Zr/c2*1-3(2)4(5)6;;/h2*1H2,2H3,(H,5,6);;. The molecule has 78 valence electrons. The van der Waals surface area contributed by atoms with Crippen LogP contribution in [0.3, 0.4) is 0 Å². The van der Waals surface area contributed by atoms with Crippen molar-refractivity contribution >= 4 is 11.9 Å². The molecule has 0 aromatic heterocycles. The molecular weight excluding hydrogens is 267 g/mol. The first-order chi connectivity index (χ1) is 6.29. The van der Waals surface area contributed by atoms with Crippen molar-refractivity contribution in [3.8, 4) is 0 Å². The van der Waals surface area contributed by atoms with Gasteiger partial charge in [-0.1, -0.05) is 13.2 Å². The first-order valence-corrected chi connectivity index (χ1v) is 4.27. The van der Waals surface area contributed by atoms with Crippen molar-refractivity contribution in [2.45, 2.75) is 13.8 Å². The average molecular weight is 279 g/mol. The van der Waals surface area contributed by atoms with Crippen molar-refractivity contribution in [2.75, 3.05) is 0 Å². The fraction of sp³-hybridized carbons (Fsp3) is 0.250. The molecule has 0 atom stereocenters. The van der Waals surface area contributed by atoms with Crippen LogP contribution in [-0.2, 0) is 37.1 Å². The summed E-state index contributed by atoms with van der Waals surface area (Å²) in [5.74, 6) is -1.87. The van der Waals surface area contributed by atoms with Crippen LogP contribution >= 0.6 is 0 Å². The van der Waals surface area contributed by atoms with Crippen LogP contribution in [0.15, 0.2) is 24.3 Å². The molecule has 0 unspecified atom stereocenters. The second-order valence-electron chi connectivity index (χ2n) is 2.17. The summed E-state index contributed by atoms with van der Waals surface area (Å²) in [5, 5.41) is 15.8. The molecule has 0 radical (unpaired) electrons. The van der Waals surface area contributed by atoms with E-state index in [0.29, 0.717) is 24.7 Å². The molecule has 6 heteroatoms. The minimum atomic E-state index is -0.935. The molecule has 0 aliphatic carbocycles. The first-order valence-electron chi connectivity index (χ1n) is 3.27. The maximum atomic E-state index is 9.60. The van der Waals surface area contributed by atoms with Gasteiger partial charge in [-0.05, 0) is 13.8 Å². The second kappa shape index (κ2) is 12.1. The van der Waals surface area contributed by atoms with Crippen LogP contribution in [0.2, 0.25) is 0 Å². The average Bonchev–Trinajstić information content (AvgIpc) is 2.08. The number of hydrogen-bond donors (Lipinski definition) is 2. The van der Waals surface area contributed by atoms with Crippen LogP contribution in [0, 0.1) is 0 Å². The van der Waals surface area contributed by atoms with E-state index in [-0.39, 0.29) is 11.1 Å². The SMILES string of the molecule is C=C(C)C(=O)O.C=C(C)C(=O)O.[O]=[Zr]. The molecular formula is C8H12O5Zr. The third-order valence-corrected chi connectivity index (χ3v) is 0.730. The van der Waals surface area contributed by atoms with Gasteiger partial charge in [0, 0.05) is 11.1 Å². The summed E-state index contributed by atoms with van der Waals surface area (Å²) < 4.78 is 8.34. The monoisotopic (exact) mass is 278 g/mol. The van der Waals surface area contributed by atoms with Crippen LogP contribution in [0.25, 0.3) is 0 Å². The Bertz CT molecular complexity index is 186. The number of rotatable bonds is 2. The molecule has 5 nitrogen and oxygen atoms in total. The normalized spacial score (nSPS) is 6.64. The number of carboxylic acids is 2. The van der Waals surface area contributed by atoms with Gasteiger partial charge in [0.25, 0.3) is 0 Å². The summed E-state index contributed by atoms with van der Waals surface area (Å²) in [6, 6.07) is 0. The fourth-order valence-electron chi connectivity index (χ4n) is 0. The number of hydrogen-bond acceptors (Lipinski definition) is 3. The van der Waals surface area contributed by atoms with E-state index in [2.05, 4.69) is 13.2 Å². The Balaban J connectivity index is -0.000000147. The Morgan fingerprint density at radius 3 is 1.00 bits per heavy atom. The van der Waals surface area contributed by atoms with E-state index in [4.69, 9.17) is 13.0 Å². The van der Waals surface area contributed by atoms with E-state index >= 15 is 0 Å². The van der Waals surface area contributed by atoms with Crippen LogP contribution in [-0.4, -0.2) is 22.2 Å². The molecule has 0 fully saturated rings. The van der Waals surface area contributed by atoms with Gasteiger partial charge in [-0.3, -0.25) is 0 Å². The minimum absolute atomic E-state index is 0.176. The van der Waals surface area contributed by atoms with Gasteiger partial charge in [-0.2, -0.15) is 0 Å². The molecule has 0 amide bonds. The summed E-state index contributed by atoms with van der Waals surface area (Å²) in [6.45, 7) is 9.20. The van der Waals surface area contributed by atoms with Gasteiger partial charge in [0.1, 0.15) is 0 Å². The molecule has 0 rings (SSSR count). The van der Waals surface area contributed by atoms with E-state index in [1.807, 2.05) is 0 Å². The van der Waals surface area contributed by atoms with Crippen molar-refractivity contribution in [2.24, 2.45) is 0 Å². The summed E-state index contributed by atoms with van der Waals surface area (Å²) in [5.41, 5.74) is 0.352. The van der Waals surface area contributed by atoms with Crippen LogP contribution in [0.4, 0.5) is 0 Å². The first kappa shape index (κ1) is 18.8. The number of carbonyl (C=O) groups is 2. The third-order valence-electron chi connectivity index (χ3n) is 0.730. The second-order valence-corrected chi connectivity index (χ2v) is 2.17. The van der Waals surface area contributed by atoms with Gasteiger partial charge < -0.3 is 10.2 Å². The predicted molar refractivity (Wildman–Crippen MR) is 45.6 cm³/mol. The molecule has 0 aliphatic rings. The zero-order valence-electron chi connectivity index (χ0n) is 8.03. The molecule has 0 saturated carbocycles. The van der Waals surface area contributed by atoms with Crippen molar-refractivity contribution in [3.63, 3.8) is 0 Å². The third kappa shape index (κ3) is 22.5.